The van der Waals surface area contributed by atoms with Crippen LogP contribution in [0.5, 0.6) is 0 Å². The van der Waals surface area contributed by atoms with Gasteiger partial charge in [-0.1, -0.05) is 23.7 Å². The first kappa shape index (κ1) is 17.1. The van der Waals surface area contributed by atoms with Crippen molar-refractivity contribution in [3.63, 3.8) is 0 Å². The van der Waals surface area contributed by atoms with E-state index in [1.165, 1.54) is 30.3 Å². The van der Waals surface area contributed by atoms with Gasteiger partial charge in [0.25, 0.3) is 5.91 Å². The van der Waals surface area contributed by atoms with Crippen LogP contribution in [0.2, 0.25) is 5.02 Å². The summed E-state index contributed by atoms with van der Waals surface area (Å²) in [4.78, 5) is 22.9. The number of carboxylic acids is 1. The van der Waals surface area contributed by atoms with Crippen molar-refractivity contribution >= 4 is 40.7 Å². The van der Waals surface area contributed by atoms with Crippen LogP contribution in [0, 0.1) is 0 Å². The number of rotatable bonds is 5. The fourth-order valence-corrected chi connectivity index (χ4v) is 1.87. The number of amides is 1. The van der Waals surface area contributed by atoms with E-state index in [4.69, 9.17) is 22.1 Å². The molecule has 2 aromatic carbocycles. The van der Waals surface area contributed by atoms with E-state index in [1.54, 1.807) is 24.1 Å². The summed E-state index contributed by atoms with van der Waals surface area (Å²) in [6.07, 6.45) is 0. The summed E-state index contributed by atoms with van der Waals surface area (Å²) in [6.45, 7) is 0. The van der Waals surface area contributed by atoms with E-state index in [2.05, 4.69) is 15.5 Å². The lowest BCUT2D eigenvalue weighted by Gasteiger charge is -2.04. The molecular formula is C16H10ClN4O3-. The van der Waals surface area contributed by atoms with Crippen molar-refractivity contribution in [3.05, 3.63) is 70.2 Å². The Morgan fingerprint density at radius 3 is 2.58 bits per heavy atom. The predicted molar refractivity (Wildman–Crippen MR) is 89.9 cm³/mol. The second-order valence-corrected chi connectivity index (χ2v) is 4.92. The fourth-order valence-electron chi connectivity index (χ4n) is 1.68. The third-order valence-corrected chi connectivity index (χ3v) is 3.00. The summed E-state index contributed by atoms with van der Waals surface area (Å²) < 4.78 is 0. The third kappa shape index (κ3) is 4.61. The Balaban J connectivity index is 2.14. The molecular weight excluding hydrogens is 332 g/mol. The summed E-state index contributed by atoms with van der Waals surface area (Å²) in [5, 5.41) is 28.1. The molecule has 0 saturated heterocycles. The van der Waals surface area contributed by atoms with Gasteiger partial charge in [0, 0.05) is 10.7 Å². The second kappa shape index (κ2) is 7.82. The van der Waals surface area contributed by atoms with E-state index in [9.17, 15) is 9.59 Å². The lowest BCUT2D eigenvalue weighted by atomic mass is 10.2. The predicted octanol–water partition coefficient (Wildman–Crippen LogP) is 3.88. The van der Waals surface area contributed by atoms with Crippen molar-refractivity contribution in [2.45, 2.75) is 0 Å². The molecule has 2 N–H and O–H groups in total. The zero-order chi connectivity index (χ0) is 17.5. The van der Waals surface area contributed by atoms with Gasteiger partial charge in [-0.3, -0.25) is 4.79 Å². The van der Waals surface area contributed by atoms with Crippen molar-refractivity contribution in [1.82, 2.24) is 0 Å². The van der Waals surface area contributed by atoms with Gasteiger partial charge in [0.1, 0.15) is 0 Å². The molecule has 120 valence electrons. The van der Waals surface area contributed by atoms with E-state index < -0.39 is 17.6 Å². The zero-order valence-corrected chi connectivity index (χ0v) is 12.9. The number of nitrogens with one attached hydrogen (secondary N) is 1. The molecule has 0 unspecified atom stereocenters. The summed E-state index contributed by atoms with van der Waals surface area (Å²) in [7, 11) is 0. The van der Waals surface area contributed by atoms with Crippen molar-refractivity contribution in [1.29, 1.82) is 0 Å². The Kier molecular flexibility index (Phi) is 5.57. The average Bonchev–Trinajstić information content (AvgIpc) is 2.55. The monoisotopic (exact) mass is 341 g/mol. The Bertz CT molecular complexity index is 873. The quantitative estimate of drug-likeness (QED) is 0.488. The van der Waals surface area contributed by atoms with E-state index >= 15 is 0 Å². The van der Waals surface area contributed by atoms with E-state index in [1.807, 2.05) is 0 Å². The summed E-state index contributed by atoms with van der Waals surface area (Å²) in [5.74, 6) is -0.228. The Labute approximate surface area is 141 Å². The van der Waals surface area contributed by atoms with Gasteiger partial charge in [0.05, 0.1) is 11.3 Å². The van der Waals surface area contributed by atoms with Crippen LogP contribution >= 0.6 is 11.6 Å². The van der Waals surface area contributed by atoms with Crippen molar-refractivity contribution < 1.29 is 14.7 Å². The fraction of sp³-hybridized carbons (Fsp3) is 0. The smallest absolute Gasteiger partial charge is 0.335 e. The summed E-state index contributed by atoms with van der Waals surface area (Å²) in [5.41, 5.74) is 0.158. The lowest BCUT2D eigenvalue weighted by Crippen LogP contribution is -2.13. The van der Waals surface area contributed by atoms with Gasteiger partial charge in [0.15, 0.2) is 5.70 Å². The maximum Gasteiger partial charge on any atom is 0.335 e. The van der Waals surface area contributed by atoms with Crippen molar-refractivity contribution in [3.8, 4) is 0 Å². The number of carbonyl (C=O) groups is 2. The maximum absolute atomic E-state index is 12.0. The van der Waals surface area contributed by atoms with Gasteiger partial charge in [-0.15, -0.1) is 10.2 Å². The van der Waals surface area contributed by atoms with Gasteiger partial charge >= 0.3 is 5.97 Å². The Morgan fingerprint density at radius 1 is 1.17 bits per heavy atom. The van der Waals surface area contributed by atoms with Crippen molar-refractivity contribution in [2.75, 3.05) is 5.32 Å². The van der Waals surface area contributed by atoms with E-state index in [-0.39, 0.29) is 11.3 Å². The molecule has 2 aromatic rings. The van der Waals surface area contributed by atoms with Crippen LogP contribution in [-0.4, -0.2) is 22.9 Å². The van der Waals surface area contributed by atoms with Gasteiger partial charge in [-0.25, -0.2) is 10.7 Å². The highest BCUT2D eigenvalue weighted by Gasteiger charge is 2.08. The number of hydrogen-bond donors (Lipinski definition) is 2. The van der Waals surface area contributed by atoms with Gasteiger partial charge in [-0.2, -0.15) is 0 Å². The lowest BCUT2D eigenvalue weighted by molar-refractivity contribution is -0.112. The van der Waals surface area contributed by atoms with Crippen molar-refractivity contribution in [2.24, 2.45) is 10.2 Å². The SMILES string of the molecule is [N-]=C=C(N=Nc1cccc(C(=O)O)c1)C(=O)Nc1cccc(Cl)c1. The highest BCUT2D eigenvalue weighted by molar-refractivity contribution is 6.31. The highest BCUT2D eigenvalue weighted by atomic mass is 35.5. The van der Waals surface area contributed by atoms with Crippen LogP contribution in [0.25, 0.3) is 5.41 Å². The standard InChI is InChI=1S/C16H10ClN4O3/c17-11-4-2-5-12(8-11)19-15(22)14(9-18)21-20-13-6-1-3-10(7-13)16(23)24/h1-8H,(H,19,22)(H,23,24)/q-1. The molecule has 0 fully saturated rings. The first-order valence-corrected chi connectivity index (χ1v) is 6.96. The summed E-state index contributed by atoms with van der Waals surface area (Å²) >= 11 is 5.81. The molecule has 1 amide bonds. The molecule has 7 nitrogen and oxygen atoms in total. The number of anilines is 1. The number of halogens is 1. The topological polar surface area (TPSA) is 113 Å². The number of carboxylic acid groups (broad SMARTS) is 1. The van der Waals surface area contributed by atoms with Crippen LogP contribution in [0.15, 0.2) is 64.5 Å². The van der Waals surface area contributed by atoms with Gasteiger partial charge in [0.2, 0.25) is 0 Å². The first-order chi connectivity index (χ1) is 11.5. The summed E-state index contributed by atoms with van der Waals surface area (Å²) in [6, 6.07) is 12.0. The van der Waals surface area contributed by atoms with Crippen LogP contribution in [0.1, 0.15) is 10.4 Å². The number of benzene rings is 2. The van der Waals surface area contributed by atoms with Gasteiger partial charge < -0.3 is 15.8 Å². The molecule has 0 aliphatic rings. The molecule has 0 radical (unpaired) electrons. The largest absolute Gasteiger partial charge is 0.761 e. The molecule has 0 spiro atoms. The maximum atomic E-state index is 12.0. The third-order valence-electron chi connectivity index (χ3n) is 2.76. The Morgan fingerprint density at radius 2 is 1.92 bits per heavy atom. The first-order valence-electron chi connectivity index (χ1n) is 6.58. The molecule has 0 aromatic heterocycles. The number of azo groups is 1. The van der Waals surface area contributed by atoms with E-state index in [0.29, 0.717) is 10.7 Å². The number of hydrogen-bond acceptors (Lipinski definition) is 4. The van der Waals surface area contributed by atoms with E-state index in [0.717, 1.165) is 0 Å². The second-order valence-electron chi connectivity index (χ2n) is 4.48. The zero-order valence-electron chi connectivity index (χ0n) is 12.1. The van der Waals surface area contributed by atoms with Crippen LogP contribution in [-0.2, 0) is 4.79 Å². The molecule has 0 bridgehead atoms. The minimum Gasteiger partial charge on any atom is -0.761 e. The molecule has 8 heteroatoms. The molecule has 2 rings (SSSR count). The molecule has 24 heavy (non-hydrogen) atoms. The van der Waals surface area contributed by atoms with Crippen LogP contribution in [0.3, 0.4) is 0 Å². The highest BCUT2D eigenvalue weighted by Crippen LogP contribution is 2.17. The van der Waals surface area contributed by atoms with Gasteiger partial charge in [-0.05, 0) is 36.4 Å². The minimum atomic E-state index is -1.12. The van der Waals surface area contributed by atoms with Crippen LogP contribution < -0.4 is 5.32 Å². The Hall–Kier alpha value is -3.28. The minimum absolute atomic E-state index is 0.0216. The molecule has 0 aliphatic carbocycles. The number of aromatic carboxylic acids is 1. The number of carbonyl (C=O) groups excluding carboxylic acids is 1. The average molecular weight is 342 g/mol. The molecule has 0 aliphatic heterocycles. The molecule has 0 atom stereocenters. The molecule has 0 heterocycles. The molecule has 0 saturated carbocycles. The number of nitrogens with zero attached hydrogens (tertiary/aromatic N) is 3. The van der Waals surface area contributed by atoms with Crippen LogP contribution in [0.4, 0.5) is 11.4 Å². The normalized spacial score (nSPS) is 10.2.